The summed E-state index contributed by atoms with van der Waals surface area (Å²) in [5.74, 6) is 5.93. The fourth-order valence-corrected chi connectivity index (χ4v) is 7.27. The van der Waals surface area contributed by atoms with Crippen molar-refractivity contribution in [2.45, 2.75) is 37.8 Å². The number of furan rings is 1. The Hall–Kier alpha value is -4.41. The second kappa shape index (κ2) is 14.4. The quantitative estimate of drug-likeness (QED) is 0.131. The average Bonchev–Trinajstić information content (AvgIpc) is 3.53. The van der Waals surface area contributed by atoms with Crippen LogP contribution >= 0.6 is 0 Å². The Labute approximate surface area is 312 Å². The maximum atomic E-state index is 12.7. The number of fused-ring (bicyclic) bond motifs is 3. The summed E-state index contributed by atoms with van der Waals surface area (Å²) >= 11 is -2.57. The van der Waals surface area contributed by atoms with Crippen molar-refractivity contribution in [3.05, 3.63) is 137 Å². The van der Waals surface area contributed by atoms with Gasteiger partial charge in [-0.3, -0.25) is 4.39 Å². The first kappa shape index (κ1) is 23.0. The summed E-state index contributed by atoms with van der Waals surface area (Å²) in [5.41, 5.74) is 2.60. The molecule has 0 aliphatic heterocycles. The summed E-state index contributed by atoms with van der Waals surface area (Å²) in [6.45, 7) is -7.39. The van der Waals surface area contributed by atoms with Crippen molar-refractivity contribution in [1.29, 1.82) is 5.26 Å². The Bertz CT molecular complexity index is 2720. The zero-order valence-corrected chi connectivity index (χ0v) is 30.5. The van der Waals surface area contributed by atoms with E-state index in [1.54, 1.807) is 48.5 Å². The van der Waals surface area contributed by atoms with E-state index in [1.807, 2.05) is 6.07 Å². The summed E-state index contributed by atoms with van der Waals surface area (Å²) in [6, 6.07) is 26.3. The number of aryl methyl sites for hydroxylation is 3. The molecule has 4 aromatic carbocycles. The van der Waals surface area contributed by atoms with Gasteiger partial charge in [0.15, 0.2) is 0 Å². The first-order chi connectivity index (χ1) is 27.0. The fourth-order valence-electron chi connectivity index (χ4n) is 5.00. The van der Waals surface area contributed by atoms with Crippen molar-refractivity contribution in [3.8, 4) is 39.7 Å². The van der Waals surface area contributed by atoms with Crippen molar-refractivity contribution in [1.82, 2.24) is 9.97 Å². The number of benzene rings is 4. The third-order valence-corrected chi connectivity index (χ3v) is 11.8. The molecule has 0 unspecified atom stereocenters. The van der Waals surface area contributed by atoms with Crippen LogP contribution in [0.15, 0.2) is 102 Å². The van der Waals surface area contributed by atoms with Gasteiger partial charge < -0.3 is 4.98 Å². The summed E-state index contributed by atoms with van der Waals surface area (Å²) < 4.78 is 108. The van der Waals surface area contributed by atoms with Gasteiger partial charge in [0.25, 0.3) is 0 Å². The Morgan fingerprint density at radius 1 is 0.875 bits per heavy atom. The fraction of sp³-hybridized carbons (Fsp3) is 0.146. The normalized spacial score (nSPS) is 15.2. The van der Waals surface area contributed by atoms with Crippen LogP contribution in [0.4, 0.5) is 4.39 Å². The van der Waals surface area contributed by atoms with Gasteiger partial charge in [-0.2, -0.15) is 5.26 Å². The monoisotopic (exact) mass is 881 g/mol. The van der Waals surface area contributed by atoms with E-state index in [4.69, 9.17) is 19.5 Å². The number of halogens is 1. The van der Waals surface area contributed by atoms with Gasteiger partial charge in [-0.15, -0.1) is 29.8 Å². The molecule has 0 bridgehead atoms. The maximum Gasteiger partial charge on any atom is 0 e. The minimum atomic E-state index is -2.64. The van der Waals surface area contributed by atoms with Crippen molar-refractivity contribution >= 4 is 39.6 Å². The molecular formula is C41H34FGeIrN3O-2. The number of nitriles is 1. The number of hydrogen-bond acceptors (Lipinski definition) is 4. The Morgan fingerprint density at radius 2 is 1.71 bits per heavy atom. The molecule has 1 radical (unpaired) electrons. The van der Waals surface area contributed by atoms with Crippen LogP contribution in [0.5, 0.6) is 0 Å². The van der Waals surface area contributed by atoms with Gasteiger partial charge >= 0.3 is 184 Å². The third-order valence-electron chi connectivity index (χ3n) is 7.52. The largest absolute Gasteiger partial charge is 0 e. The molecule has 3 heterocycles. The van der Waals surface area contributed by atoms with Crippen LogP contribution in [0.1, 0.15) is 37.3 Å². The Morgan fingerprint density at radius 3 is 2.40 bits per heavy atom. The maximum absolute atomic E-state index is 12.7. The molecule has 0 spiro atoms. The summed E-state index contributed by atoms with van der Waals surface area (Å²) in [4.78, 5) is 8.44. The van der Waals surface area contributed by atoms with Crippen molar-refractivity contribution in [2.24, 2.45) is 0 Å². The van der Waals surface area contributed by atoms with Crippen LogP contribution in [0.2, 0.25) is 17.3 Å². The molecule has 7 heteroatoms. The SMILES string of the molecule is [2H]C([2H])([2H])c1ccc(-c2[c-]cc(F)cc2)nc1.[2H]c1c[c]([Ge]([CH3])([CH3])[CH3])cc(C([2H])([2H])[2H])c1-c1cc(-c2[c-]ccc3c2oc2c([2H])c(C#N)ccc23)ncc1C([2H])([2H])[2H].[Ir]. The molecule has 48 heavy (non-hydrogen) atoms. The standard InChI is InChI=1S/C29H25GeN2O.C12H9FN.Ir/c1-18-13-21(30(3,4)5)10-12-22(18)26-15-27(32-17-19(26)2)25-8-6-7-24-23-11-9-20(16-31)14-28(23)33-29(24)25;1-9-2-7-12(14-8-9)10-3-5-11(13)6-4-10;/h6-7,9-15,17H,1-5H3;2-3,5-8H,1H3;/q2*-1;/i1D3,2D3,12D,14D;1D3;. The Kier molecular flexibility index (Phi) is 6.90. The van der Waals surface area contributed by atoms with Gasteiger partial charge in [-0.1, -0.05) is 12.1 Å². The molecule has 241 valence electrons. The number of rotatable bonds is 4. The predicted molar refractivity (Wildman–Crippen MR) is 192 cm³/mol. The summed E-state index contributed by atoms with van der Waals surface area (Å²) in [7, 11) is 0. The number of hydrogen-bond donors (Lipinski definition) is 0. The van der Waals surface area contributed by atoms with Crippen molar-refractivity contribution < 1.29 is 44.0 Å². The van der Waals surface area contributed by atoms with Crippen LogP contribution < -0.4 is 4.40 Å². The van der Waals surface area contributed by atoms with Gasteiger partial charge in [0, 0.05) is 36.2 Å². The van der Waals surface area contributed by atoms with E-state index in [2.05, 4.69) is 39.4 Å². The molecule has 0 amide bonds. The molecule has 7 rings (SSSR count). The van der Waals surface area contributed by atoms with E-state index in [0.29, 0.717) is 33.2 Å². The van der Waals surface area contributed by atoms with Crippen LogP contribution in [-0.2, 0) is 20.1 Å². The summed E-state index contributed by atoms with van der Waals surface area (Å²) in [6.07, 6.45) is 2.49. The molecule has 0 saturated heterocycles. The third kappa shape index (κ3) is 7.35. The van der Waals surface area contributed by atoms with E-state index in [1.165, 1.54) is 36.7 Å². The molecule has 0 aliphatic rings. The zero-order valence-electron chi connectivity index (χ0n) is 37.0. The molecule has 4 nitrogen and oxygen atoms in total. The number of nitrogens with zero attached hydrogens (tertiary/aromatic N) is 3. The molecule has 0 atom stereocenters. The van der Waals surface area contributed by atoms with Gasteiger partial charge in [-0.25, -0.2) is 0 Å². The van der Waals surface area contributed by atoms with Crippen LogP contribution in [0.3, 0.4) is 0 Å². The van der Waals surface area contributed by atoms with Crippen LogP contribution in [0.25, 0.3) is 55.6 Å². The summed E-state index contributed by atoms with van der Waals surface area (Å²) in [5, 5.41) is 10.6. The average molecular weight is 880 g/mol. The number of pyridine rings is 2. The van der Waals surface area contributed by atoms with Gasteiger partial charge in [0.1, 0.15) is 0 Å². The van der Waals surface area contributed by atoms with Crippen molar-refractivity contribution in [3.63, 3.8) is 0 Å². The first-order valence-corrected chi connectivity index (χ1v) is 21.9. The number of aromatic nitrogens is 2. The molecule has 0 aliphatic carbocycles. The van der Waals surface area contributed by atoms with Gasteiger partial charge in [0.05, 0.1) is 13.0 Å². The minimum Gasteiger partial charge on any atom is 0 e. The molecule has 0 saturated carbocycles. The minimum absolute atomic E-state index is 0. The second-order valence-electron chi connectivity index (χ2n) is 11.8. The van der Waals surface area contributed by atoms with E-state index < -0.39 is 33.8 Å². The molecular weight excluding hydrogens is 834 g/mol. The topological polar surface area (TPSA) is 62.7 Å². The van der Waals surface area contributed by atoms with Gasteiger partial charge in [-0.05, 0) is 24.2 Å². The van der Waals surface area contributed by atoms with Crippen LogP contribution in [-0.4, -0.2) is 23.2 Å². The molecule has 3 aromatic heterocycles. The smallest absolute Gasteiger partial charge is 0 e. The molecule has 0 fully saturated rings. The van der Waals surface area contributed by atoms with E-state index in [9.17, 15) is 9.65 Å². The van der Waals surface area contributed by atoms with Crippen molar-refractivity contribution in [2.75, 3.05) is 0 Å². The van der Waals surface area contributed by atoms with Gasteiger partial charge in [0.2, 0.25) is 0 Å². The molecule has 0 N–H and O–H groups in total. The zero-order chi connectivity index (χ0) is 42.5. The Balaban J connectivity index is 0.000000307. The van der Waals surface area contributed by atoms with E-state index in [-0.39, 0.29) is 82.7 Å². The molecule has 7 aromatic rings. The van der Waals surface area contributed by atoms with E-state index in [0.717, 1.165) is 4.40 Å². The first-order valence-electron chi connectivity index (χ1n) is 20.1. The van der Waals surface area contributed by atoms with E-state index >= 15 is 0 Å². The van der Waals surface area contributed by atoms with Crippen LogP contribution in [0, 0.1) is 49.8 Å². The second-order valence-corrected chi connectivity index (χ2v) is 22.5. The predicted octanol–water partition coefficient (Wildman–Crippen LogP) is 10.1.